The van der Waals surface area contributed by atoms with Gasteiger partial charge in [0.05, 0.1) is 24.2 Å². The Balaban J connectivity index is 1.57. The molecule has 5 nitrogen and oxygen atoms in total. The summed E-state index contributed by atoms with van der Waals surface area (Å²) in [7, 11) is 0. The van der Waals surface area contributed by atoms with E-state index in [-0.39, 0.29) is 6.10 Å². The topological polar surface area (TPSA) is 52.3 Å². The predicted molar refractivity (Wildman–Crippen MR) is 163 cm³/mol. The summed E-state index contributed by atoms with van der Waals surface area (Å²) in [6.45, 7) is 10.9. The molecular weight excluding hydrogens is 480 g/mol. The van der Waals surface area contributed by atoms with Gasteiger partial charge in [0, 0.05) is 23.5 Å². The fraction of sp³-hybridized carbons (Fsp3) is 0.382. The molecule has 0 radical (unpaired) electrons. The van der Waals surface area contributed by atoms with E-state index in [1.807, 2.05) is 41.4 Å². The van der Waals surface area contributed by atoms with Crippen LogP contribution in [0.25, 0.3) is 34.1 Å². The fourth-order valence-corrected chi connectivity index (χ4v) is 4.96. The van der Waals surface area contributed by atoms with Crippen molar-refractivity contribution in [3.8, 4) is 28.1 Å². The van der Waals surface area contributed by atoms with Crippen LogP contribution in [0, 0.1) is 6.92 Å². The van der Waals surface area contributed by atoms with Crippen LogP contribution in [0.3, 0.4) is 0 Å². The van der Waals surface area contributed by atoms with E-state index in [4.69, 9.17) is 14.7 Å². The minimum absolute atomic E-state index is 0.252. The number of hydrogen-bond acceptors (Lipinski definition) is 4. The Hall–Kier alpha value is -3.73. The lowest BCUT2D eigenvalue weighted by Gasteiger charge is -2.18. The van der Waals surface area contributed by atoms with Gasteiger partial charge in [0.25, 0.3) is 0 Å². The van der Waals surface area contributed by atoms with Gasteiger partial charge in [-0.05, 0) is 68.4 Å². The highest BCUT2D eigenvalue weighted by atomic mass is 16.5. The lowest BCUT2D eigenvalue weighted by molar-refractivity contribution is 0.175. The number of fused-ring (bicyclic) bond motifs is 1. The summed E-state index contributed by atoms with van der Waals surface area (Å²) >= 11 is 0. The number of rotatable bonds is 13. The van der Waals surface area contributed by atoms with Crippen LogP contribution in [0.5, 0.6) is 5.75 Å². The van der Waals surface area contributed by atoms with Gasteiger partial charge in [-0.1, -0.05) is 82.0 Å². The van der Waals surface area contributed by atoms with Gasteiger partial charge in [0.2, 0.25) is 0 Å². The SMILES string of the molecule is CC/C=C(C)/C=C\c1c(C)cccc1-c1cnn2cc(-c3ccc(OC(CCC)CCCCC)cn3)cnc12. The van der Waals surface area contributed by atoms with Gasteiger partial charge in [-0.15, -0.1) is 0 Å². The Morgan fingerprint density at radius 1 is 0.949 bits per heavy atom. The van der Waals surface area contributed by atoms with E-state index >= 15 is 0 Å². The number of nitrogens with zero attached hydrogens (tertiary/aromatic N) is 4. The zero-order valence-corrected chi connectivity index (χ0v) is 24.2. The lowest BCUT2D eigenvalue weighted by atomic mass is 9.96. The van der Waals surface area contributed by atoms with E-state index in [2.05, 4.69) is 76.1 Å². The standard InChI is InChI=1S/C34H42N4O/c1-6-9-10-15-28(13-8-3)39-29-18-20-33(35-22-29)27-21-36-34-32(23-37-38(34)24-27)31-16-11-14-26(5)30(31)19-17-25(4)12-7-2/h11-12,14,16-24,28H,6-10,13,15H2,1-5H3/b19-17-,25-12+. The molecule has 0 aliphatic rings. The van der Waals surface area contributed by atoms with Crippen LogP contribution >= 0.6 is 0 Å². The van der Waals surface area contributed by atoms with E-state index in [0.717, 1.165) is 59.5 Å². The Bertz CT molecular complexity index is 1420. The molecule has 1 aromatic carbocycles. The predicted octanol–water partition coefficient (Wildman–Crippen LogP) is 9.26. The zero-order chi connectivity index (χ0) is 27.6. The summed E-state index contributed by atoms with van der Waals surface area (Å²) < 4.78 is 8.13. The van der Waals surface area contributed by atoms with E-state index < -0.39 is 0 Å². The van der Waals surface area contributed by atoms with Crippen molar-refractivity contribution in [1.29, 1.82) is 0 Å². The number of allylic oxidation sites excluding steroid dienone is 3. The molecule has 0 aliphatic heterocycles. The minimum Gasteiger partial charge on any atom is -0.489 e. The Morgan fingerprint density at radius 2 is 1.82 bits per heavy atom. The molecule has 0 saturated heterocycles. The highest BCUT2D eigenvalue weighted by Crippen LogP contribution is 2.31. The summed E-state index contributed by atoms with van der Waals surface area (Å²) in [4.78, 5) is 9.51. The van der Waals surface area contributed by atoms with E-state index in [0.29, 0.717) is 0 Å². The van der Waals surface area contributed by atoms with Crippen molar-refractivity contribution in [1.82, 2.24) is 19.6 Å². The van der Waals surface area contributed by atoms with Gasteiger partial charge in [-0.25, -0.2) is 9.50 Å². The molecule has 0 amide bonds. The number of unbranched alkanes of at least 4 members (excludes halogenated alkanes) is 2. The molecule has 0 aliphatic carbocycles. The van der Waals surface area contributed by atoms with Crippen LogP contribution in [0.2, 0.25) is 0 Å². The van der Waals surface area contributed by atoms with Crippen LogP contribution < -0.4 is 4.74 Å². The summed E-state index contributed by atoms with van der Waals surface area (Å²) in [5.74, 6) is 0.827. The van der Waals surface area contributed by atoms with Crippen molar-refractivity contribution in [3.05, 3.63) is 84.0 Å². The maximum Gasteiger partial charge on any atom is 0.162 e. The third-order valence-electron chi connectivity index (χ3n) is 7.08. The molecule has 0 spiro atoms. The van der Waals surface area contributed by atoms with Crippen molar-refractivity contribution >= 4 is 11.7 Å². The molecule has 1 unspecified atom stereocenters. The molecule has 0 fully saturated rings. The van der Waals surface area contributed by atoms with Gasteiger partial charge in [-0.2, -0.15) is 5.10 Å². The number of benzene rings is 1. The molecule has 1 atom stereocenters. The van der Waals surface area contributed by atoms with Crippen LogP contribution in [-0.2, 0) is 0 Å². The van der Waals surface area contributed by atoms with Gasteiger partial charge >= 0.3 is 0 Å². The summed E-state index contributed by atoms with van der Waals surface area (Å²) in [5, 5.41) is 4.66. The van der Waals surface area contributed by atoms with E-state index in [9.17, 15) is 0 Å². The monoisotopic (exact) mass is 522 g/mol. The molecule has 4 rings (SSSR count). The summed E-state index contributed by atoms with van der Waals surface area (Å²) in [5.41, 5.74) is 8.42. The van der Waals surface area contributed by atoms with Gasteiger partial charge in [0.1, 0.15) is 5.75 Å². The molecule has 3 heterocycles. The Kier molecular flexibility index (Phi) is 10.1. The molecule has 0 bridgehead atoms. The van der Waals surface area contributed by atoms with Crippen molar-refractivity contribution in [2.75, 3.05) is 0 Å². The molecular formula is C34H42N4O. The van der Waals surface area contributed by atoms with Gasteiger partial charge in [0.15, 0.2) is 5.65 Å². The van der Waals surface area contributed by atoms with Crippen molar-refractivity contribution in [2.24, 2.45) is 0 Å². The molecule has 4 aromatic rings. The average molecular weight is 523 g/mol. The zero-order valence-electron chi connectivity index (χ0n) is 24.2. The first-order valence-electron chi connectivity index (χ1n) is 14.4. The normalized spacial score (nSPS) is 12.9. The van der Waals surface area contributed by atoms with Crippen molar-refractivity contribution in [3.63, 3.8) is 0 Å². The summed E-state index contributed by atoms with van der Waals surface area (Å²) in [6, 6.07) is 10.4. The van der Waals surface area contributed by atoms with Gasteiger partial charge in [-0.3, -0.25) is 4.98 Å². The van der Waals surface area contributed by atoms with Crippen LogP contribution in [0.1, 0.15) is 83.8 Å². The molecule has 39 heavy (non-hydrogen) atoms. The minimum atomic E-state index is 0.252. The Labute approximate surface area is 233 Å². The number of pyridine rings is 1. The maximum absolute atomic E-state index is 6.28. The van der Waals surface area contributed by atoms with Crippen LogP contribution in [0.15, 0.2) is 72.8 Å². The fourth-order valence-electron chi connectivity index (χ4n) is 4.96. The second kappa shape index (κ2) is 13.9. The molecule has 0 N–H and O–H groups in total. The maximum atomic E-state index is 6.28. The second-order valence-electron chi connectivity index (χ2n) is 10.3. The van der Waals surface area contributed by atoms with Gasteiger partial charge < -0.3 is 4.74 Å². The third-order valence-corrected chi connectivity index (χ3v) is 7.08. The first-order chi connectivity index (χ1) is 19.0. The summed E-state index contributed by atoms with van der Waals surface area (Å²) in [6.07, 6.45) is 22.5. The first kappa shape index (κ1) is 28.3. The molecule has 5 heteroatoms. The number of hydrogen-bond donors (Lipinski definition) is 0. The number of aromatic nitrogens is 4. The number of ether oxygens (including phenoxy) is 1. The Morgan fingerprint density at radius 3 is 2.56 bits per heavy atom. The molecule has 3 aromatic heterocycles. The highest BCUT2D eigenvalue weighted by molar-refractivity contribution is 5.85. The van der Waals surface area contributed by atoms with Crippen LogP contribution in [0.4, 0.5) is 0 Å². The lowest BCUT2D eigenvalue weighted by Crippen LogP contribution is -2.16. The largest absolute Gasteiger partial charge is 0.489 e. The van der Waals surface area contributed by atoms with Crippen molar-refractivity contribution in [2.45, 2.75) is 85.7 Å². The average Bonchev–Trinajstić information content (AvgIpc) is 3.36. The third kappa shape index (κ3) is 7.23. The number of aryl methyl sites for hydroxylation is 1. The van der Waals surface area contributed by atoms with E-state index in [1.54, 1.807) is 0 Å². The van der Waals surface area contributed by atoms with Crippen molar-refractivity contribution < 1.29 is 4.74 Å². The van der Waals surface area contributed by atoms with Crippen LogP contribution in [-0.4, -0.2) is 25.7 Å². The van der Waals surface area contributed by atoms with E-state index in [1.165, 1.54) is 36.0 Å². The highest BCUT2D eigenvalue weighted by Gasteiger charge is 2.14. The first-order valence-corrected chi connectivity index (χ1v) is 14.4. The molecule has 204 valence electrons. The second-order valence-corrected chi connectivity index (χ2v) is 10.3. The molecule has 0 saturated carbocycles. The smallest absolute Gasteiger partial charge is 0.162 e. The quantitative estimate of drug-likeness (QED) is 0.130.